The molecule has 4 heteroatoms. The standard InChI is InChI=1S/C23H16FN3/c1-3-15(2)16-11-17(14-25-13-16)20-12-22(19-7-4-5-9-21(19)24)27-23-18(20)8-6-10-26-23/h3-14H,1-2H2. The van der Waals surface area contributed by atoms with Gasteiger partial charge >= 0.3 is 0 Å². The summed E-state index contributed by atoms with van der Waals surface area (Å²) >= 11 is 0. The lowest BCUT2D eigenvalue weighted by atomic mass is 9.98. The van der Waals surface area contributed by atoms with Gasteiger partial charge in [-0.25, -0.2) is 14.4 Å². The molecule has 0 aliphatic heterocycles. The van der Waals surface area contributed by atoms with E-state index >= 15 is 0 Å². The lowest BCUT2D eigenvalue weighted by molar-refractivity contribution is 0.631. The molecule has 0 unspecified atom stereocenters. The minimum atomic E-state index is -0.321. The molecule has 0 N–H and O–H groups in total. The van der Waals surface area contributed by atoms with Gasteiger partial charge in [0.25, 0.3) is 0 Å². The average Bonchev–Trinajstić information content (AvgIpc) is 2.72. The lowest BCUT2D eigenvalue weighted by Crippen LogP contribution is -1.94. The first kappa shape index (κ1) is 16.8. The van der Waals surface area contributed by atoms with Crippen LogP contribution in [0.2, 0.25) is 0 Å². The molecule has 0 aliphatic carbocycles. The number of benzene rings is 1. The molecule has 0 spiro atoms. The highest BCUT2D eigenvalue weighted by Crippen LogP contribution is 2.32. The monoisotopic (exact) mass is 353 g/mol. The van der Waals surface area contributed by atoms with E-state index < -0.39 is 0 Å². The largest absolute Gasteiger partial charge is 0.263 e. The Morgan fingerprint density at radius 2 is 1.85 bits per heavy atom. The molecule has 4 rings (SSSR count). The molecule has 1 aromatic carbocycles. The van der Waals surface area contributed by atoms with Gasteiger partial charge in [0, 0.05) is 35.1 Å². The Hall–Kier alpha value is -3.66. The van der Waals surface area contributed by atoms with Crippen LogP contribution in [0.5, 0.6) is 0 Å². The predicted molar refractivity (Wildman–Crippen MR) is 107 cm³/mol. The molecule has 4 aromatic rings. The Labute approximate surface area is 156 Å². The molecule has 3 heterocycles. The molecule has 0 atom stereocenters. The molecule has 0 radical (unpaired) electrons. The van der Waals surface area contributed by atoms with Crippen molar-refractivity contribution in [2.24, 2.45) is 0 Å². The van der Waals surface area contributed by atoms with E-state index in [1.54, 1.807) is 42.9 Å². The van der Waals surface area contributed by atoms with E-state index in [2.05, 4.69) is 28.1 Å². The maximum atomic E-state index is 14.3. The zero-order chi connectivity index (χ0) is 18.8. The first-order chi connectivity index (χ1) is 13.2. The molecule has 0 aliphatic rings. The van der Waals surface area contributed by atoms with Crippen LogP contribution in [0.15, 0.2) is 86.4 Å². The van der Waals surface area contributed by atoms with Crippen molar-refractivity contribution >= 4 is 16.6 Å². The highest BCUT2D eigenvalue weighted by atomic mass is 19.1. The van der Waals surface area contributed by atoms with E-state index in [1.165, 1.54) is 6.07 Å². The number of hydrogen-bond acceptors (Lipinski definition) is 3. The summed E-state index contributed by atoms with van der Waals surface area (Å²) in [5.74, 6) is -0.321. The summed E-state index contributed by atoms with van der Waals surface area (Å²) in [6.45, 7) is 7.75. The summed E-state index contributed by atoms with van der Waals surface area (Å²) in [5, 5.41) is 0.876. The second-order valence-corrected chi connectivity index (χ2v) is 6.10. The van der Waals surface area contributed by atoms with Gasteiger partial charge in [0.1, 0.15) is 5.82 Å². The minimum Gasteiger partial charge on any atom is -0.263 e. The number of halogens is 1. The molecule has 0 bridgehead atoms. The van der Waals surface area contributed by atoms with Crippen LogP contribution in [0.4, 0.5) is 4.39 Å². The number of fused-ring (bicyclic) bond motifs is 1. The summed E-state index contributed by atoms with van der Waals surface area (Å²) in [4.78, 5) is 13.3. The second-order valence-electron chi connectivity index (χ2n) is 6.10. The number of hydrogen-bond donors (Lipinski definition) is 0. The van der Waals surface area contributed by atoms with Gasteiger partial charge in [-0.15, -0.1) is 0 Å². The van der Waals surface area contributed by atoms with Crippen LogP contribution in [0.25, 0.3) is 39.0 Å². The zero-order valence-corrected chi connectivity index (χ0v) is 14.6. The van der Waals surface area contributed by atoms with Gasteiger partial charge in [0.15, 0.2) is 5.65 Å². The van der Waals surface area contributed by atoms with Gasteiger partial charge in [-0.3, -0.25) is 4.98 Å². The van der Waals surface area contributed by atoms with Crippen LogP contribution in [0, 0.1) is 5.82 Å². The van der Waals surface area contributed by atoms with E-state index in [1.807, 2.05) is 24.3 Å². The van der Waals surface area contributed by atoms with Gasteiger partial charge in [-0.05, 0) is 53.1 Å². The topological polar surface area (TPSA) is 38.7 Å². The lowest BCUT2D eigenvalue weighted by Gasteiger charge is -2.11. The number of allylic oxidation sites excluding steroid dienone is 2. The van der Waals surface area contributed by atoms with Crippen LogP contribution in [-0.4, -0.2) is 15.0 Å². The van der Waals surface area contributed by atoms with Gasteiger partial charge in [-0.1, -0.05) is 31.4 Å². The van der Waals surface area contributed by atoms with Crippen LogP contribution in [0.1, 0.15) is 5.56 Å². The number of rotatable bonds is 4. The molecule has 0 saturated carbocycles. The molecule has 27 heavy (non-hydrogen) atoms. The van der Waals surface area contributed by atoms with E-state index in [-0.39, 0.29) is 5.82 Å². The zero-order valence-electron chi connectivity index (χ0n) is 14.6. The summed E-state index contributed by atoms with van der Waals surface area (Å²) in [5.41, 5.74) is 4.96. The SMILES string of the molecule is C=CC(=C)c1cncc(-c2cc(-c3ccccc3F)nc3ncccc23)c1. The van der Waals surface area contributed by atoms with E-state index in [4.69, 9.17) is 0 Å². The van der Waals surface area contributed by atoms with E-state index in [0.29, 0.717) is 16.9 Å². The normalized spacial score (nSPS) is 10.7. The van der Waals surface area contributed by atoms with Crippen molar-refractivity contribution in [1.82, 2.24) is 15.0 Å². The smallest absolute Gasteiger partial charge is 0.160 e. The van der Waals surface area contributed by atoms with Crippen LogP contribution >= 0.6 is 0 Å². The van der Waals surface area contributed by atoms with Crippen molar-refractivity contribution < 1.29 is 4.39 Å². The molecule has 0 fully saturated rings. The van der Waals surface area contributed by atoms with Gasteiger partial charge in [-0.2, -0.15) is 0 Å². The molecule has 0 saturated heterocycles. The molecule has 3 nitrogen and oxygen atoms in total. The minimum absolute atomic E-state index is 0.321. The Morgan fingerprint density at radius 1 is 1.00 bits per heavy atom. The third-order valence-electron chi connectivity index (χ3n) is 4.40. The summed E-state index contributed by atoms with van der Waals surface area (Å²) in [7, 11) is 0. The number of aromatic nitrogens is 3. The van der Waals surface area contributed by atoms with Crippen molar-refractivity contribution in [2.45, 2.75) is 0 Å². The molecular formula is C23H16FN3. The van der Waals surface area contributed by atoms with Crippen LogP contribution in [-0.2, 0) is 0 Å². The molecule has 3 aromatic heterocycles. The average molecular weight is 353 g/mol. The highest BCUT2D eigenvalue weighted by Gasteiger charge is 2.13. The summed E-state index contributed by atoms with van der Waals surface area (Å²) < 4.78 is 14.3. The van der Waals surface area contributed by atoms with Gasteiger partial charge in [0.2, 0.25) is 0 Å². The van der Waals surface area contributed by atoms with Crippen LogP contribution < -0.4 is 0 Å². The Kier molecular flexibility index (Phi) is 4.30. The van der Waals surface area contributed by atoms with Gasteiger partial charge < -0.3 is 0 Å². The molecule has 130 valence electrons. The fourth-order valence-electron chi connectivity index (χ4n) is 2.98. The second kappa shape index (κ2) is 6.92. The number of nitrogens with zero attached hydrogens (tertiary/aromatic N) is 3. The van der Waals surface area contributed by atoms with E-state index in [0.717, 1.165) is 27.6 Å². The highest BCUT2D eigenvalue weighted by molar-refractivity contribution is 5.95. The third kappa shape index (κ3) is 3.13. The first-order valence-corrected chi connectivity index (χ1v) is 8.45. The van der Waals surface area contributed by atoms with Crippen molar-refractivity contribution in [1.29, 1.82) is 0 Å². The predicted octanol–water partition coefficient (Wildman–Crippen LogP) is 5.70. The first-order valence-electron chi connectivity index (χ1n) is 8.45. The Bertz CT molecular complexity index is 1180. The maximum absolute atomic E-state index is 14.3. The third-order valence-corrected chi connectivity index (χ3v) is 4.40. The fraction of sp³-hybridized carbons (Fsp3) is 0. The molecule has 0 amide bonds. The molecular weight excluding hydrogens is 337 g/mol. The van der Waals surface area contributed by atoms with Crippen molar-refractivity contribution in [3.63, 3.8) is 0 Å². The maximum Gasteiger partial charge on any atom is 0.160 e. The van der Waals surface area contributed by atoms with Crippen molar-refractivity contribution in [2.75, 3.05) is 0 Å². The van der Waals surface area contributed by atoms with Crippen molar-refractivity contribution in [3.8, 4) is 22.4 Å². The summed E-state index contributed by atoms with van der Waals surface area (Å²) in [6.07, 6.45) is 6.88. The summed E-state index contributed by atoms with van der Waals surface area (Å²) in [6, 6.07) is 14.3. The number of pyridine rings is 3. The van der Waals surface area contributed by atoms with Crippen LogP contribution in [0.3, 0.4) is 0 Å². The Balaban J connectivity index is 1.99. The van der Waals surface area contributed by atoms with Gasteiger partial charge in [0.05, 0.1) is 5.69 Å². The fourth-order valence-corrected chi connectivity index (χ4v) is 2.98. The Morgan fingerprint density at radius 3 is 2.67 bits per heavy atom. The van der Waals surface area contributed by atoms with E-state index in [9.17, 15) is 4.39 Å². The van der Waals surface area contributed by atoms with Crippen molar-refractivity contribution in [3.05, 3.63) is 97.7 Å². The quantitative estimate of drug-likeness (QED) is 0.442.